The Morgan fingerprint density at radius 2 is 2.41 bits per heavy atom. The summed E-state index contributed by atoms with van der Waals surface area (Å²) in [6, 6.07) is 7.70. The maximum absolute atomic E-state index is 9.45. The molecule has 1 saturated heterocycles. The van der Waals surface area contributed by atoms with Crippen molar-refractivity contribution in [1.82, 2.24) is 4.90 Å². The summed E-state index contributed by atoms with van der Waals surface area (Å²) in [5.74, 6) is 0.616. The first kappa shape index (κ1) is 11.9. The van der Waals surface area contributed by atoms with Crippen LogP contribution in [0.4, 0.5) is 0 Å². The van der Waals surface area contributed by atoms with E-state index in [-0.39, 0.29) is 6.10 Å². The van der Waals surface area contributed by atoms with Gasteiger partial charge in [0.15, 0.2) is 0 Å². The molecule has 1 unspecified atom stereocenters. The van der Waals surface area contributed by atoms with E-state index in [4.69, 9.17) is 10.00 Å². The Morgan fingerprint density at radius 3 is 3.00 bits per heavy atom. The molecule has 0 amide bonds. The predicted molar refractivity (Wildman–Crippen MR) is 63.6 cm³/mol. The number of benzene rings is 1. The van der Waals surface area contributed by atoms with Gasteiger partial charge in [-0.25, -0.2) is 0 Å². The highest BCUT2D eigenvalue weighted by Crippen LogP contribution is 2.21. The molecule has 1 N–H and O–H groups in total. The molecule has 4 nitrogen and oxygen atoms in total. The number of ether oxygens (including phenoxy) is 1. The van der Waals surface area contributed by atoms with E-state index in [1.807, 2.05) is 12.1 Å². The van der Waals surface area contributed by atoms with Crippen LogP contribution in [-0.2, 0) is 6.54 Å². The number of β-amino-alcohol motifs (C(OH)–C–C–N with tert-alkyl or cyclic N) is 1. The van der Waals surface area contributed by atoms with Gasteiger partial charge in [-0.15, -0.1) is 0 Å². The summed E-state index contributed by atoms with van der Waals surface area (Å²) in [4.78, 5) is 2.20. The van der Waals surface area contributed by atoms with Crippen LogP contribution in [0.3, 0.4) is 0 Å². The first-order valence-electron chi connectivity index (χ1n) is 5.70. The van der Waals surface area contributed by atoms with E-state index in [0.29, 0.717) is 11.3 Å². The lowest BCUT2D eigenvalue weighted by atomic mass is 10.1. The third-order valence-electron chi connectivity index (χ3n) is 3.04. The van der Waals surface area contributed by atoms with Gasteiger partial charge in [-0.3, -0.25) is 4.90 Å². The first-order valence-corrected chi connectivity index (χ1v) is 5.70. The van der Waals surface area contributed by atoms with Crippen molar-refractivity contribution in [2.24, 2.45) is 0 Å². The van der Waals surface area contributed by atoms with Crippen LogP contribution < -0.4 is 4.74 Å². The number of rotatable bonds is 3. The molecule has 1 fully saturated rings. The quantitative estimate of drug-likeness (QED) is 0.849. The number of hydrogen-bond donors (Lipinski definition) is 1. The maximum atomic E-state index is 9.45. The van der Waals surface area contributed by atoms with E-state index in [9.17, 15) is 5.11 Å². The third kappa shape index (κ3) is 2.76. The van der Waals surface area contributed by atoms with Gasteiger partial charge in [-0.1, -0.05) is 6.07 Å². The number of hydrogen-bond acceptors (Lipinski definition) is 4. The van der Waals surface area contributed by atoms with E-state index in [2.05, 4.69) is 11.0 Å². The van der Waals surface area contributed by atoms with Gasteiger partial charge in [0.1, 0.15) is 11.8 Å². The Balaban J connectivity index is 2.09. The molecular formula is C13H16N2O2. The van der Waals surface area contributed by atoms with Crippen molar-refractivity contribution in [3.8, 4) is 11.8 Å². The third-order valence-corrected chi connectivity index (χ3v) is 3.04. The molecule has 0 radical (unpaired) electrons. The molecule has 1 aromatic carbocycles. The predicted octanol–water partition coefficient (Wildman–Crippen LogP) is 1.13. The van der Waals surface area contributed by atoms with Gasteiger partial charge < -0.3 is 9.84 Å². The van der Waals surface area contributed by atoms with Gasteiger partial charge in [0.05, 0.1) is 18.8 Å². The Kier molecular flexibility index (Phi) is 3.62. The Bertz CT molecular complexity index is 440. The first-order chi connectivity index (χ1) is 8.22. The molecule has 1 heterocycles. The number of aliphatic hydroxyl groups excluding tert-OH is 1. The van der Waals surface area contributed by atoms with Crippen LogP contribution in [0.15, 0.2) is 18.2 Å². The average Bonchev–Trinajstić information content (AvgIpc) is 2.74. The van der Waals surface area contributed by atoms with E-state index in [1.165, 1.54) is 0 Å². The number of nitrogens with zero attached hydrogens (tertiary/aromatic N) is 2. The topological polar surface area (TPSA) is 56.5 Å². The lowest BCUT2D eigenvalue weighted by Gasteiger charge is -2.15. The lowest BCUT2D eigenvalue weighted by molar-refractivity contribution is 0.175. The summed E-state index contributed by atoms with van der Waals surface area (Å²) in [5.41, 5.74) is 1.66. The number of likely N-dealkylation sites (tertiary alicyclic amines) is 1. The zero-order valence-electron chi connectivity index (χ0n) is 9.89. The Labute approximate surface area is 101 Å². The smallest absolute Gasteiger partial charge is 0.136 e. The standard InChI is InChI=1S/C13H16N2O2/c1-17-13-6-10(2-3-11(13)7-14)8-15-5-4-12(16)9-15/h2-3,6,12,16H,4-5,8-9H2,1H3. The fourth-order valence-corrected chi connectivity index (χ4v) is 2.14. The van der Waals surface area contributed by atoms with Crippen LogP contribution in [0.25, 0.3) is 0 Å². The highest BCUT2D eigenvalue weighted by Gasteiger charge is 2.20. The fourth-order valence-electron chi connectivity index (χ4n) is 2.14. The van der Waals surface area contributed by atoms with Crippen LogP contribution in [0.1, 0.15) is 17.5 Å². The lowest BCUT2D eigenvalue weighted by Crippen LogP contribution is -2.21. The van der Waals surface area contributed by atoms with Gasteiger partial charge in [0, 0.05) is 19.6 Å². The molecule has 0 aromatic heterocycles. The molecular weight excluding hydrogens is 216 g/mol. The van der Waals surface area contributed by atoms with Gasteiger partial charge in [-0.2, -0.15) is 5.26 Å². The Hall–Kier alpha value is -1.57. The minimum atomic E-state index is -0.199. The molecule has 90 valence electrons. The van der Waals surface area contributed by atoms with Gasteiger partial charge >= 0.3 is 0 Å². The van der Waals surface area contributed by atoms with Crippen molar-refractivity contribution >= 4 is 0 Å². The van der Waals surface area contributed by atoms with Crippen LogP contribution in [0, 0.1) is 11.3 Å². The summed E-state index contributed by atoms with van der Waals surface area (Å²) in [7, 11) is 1.57. The van der Waals surface area contributed by atoms with Crippen LogP contribution in [0.5, 0.6) is 5.75 Å². The van der Waals surface area contributed by atoms with E-state index in [1.54, 1.807) is 13.2 Å². The molecule has 0 aliphatic carbocycles. The van der Waals surface area contributed by atoms with Crippen molar-refractivity contribution in [3.05, 3.63) is 29.3 Å². The van der Waals surface area contributed by atoms with E-state index < -0.39 is 0 Å². The summed E-state index contributed by atoms with van der Waals surface area (Å²) in [6.07, 6.45) is 0.642. The molecule has 2 rings (SSSR count). The largest absolute Gasteiger partial charge is 0.495 e. The monoisotopic (exact) mass is 232 g/mol. The van der Waals surface area contributed by atoms with Crippen LogP contribution in [-0.4, -0.2) is 36.3 Å². The number of methoxy groups -OCH3 is 1. The Morgan fingerprint density at radius 1 is 1.59 bits per heavy atom. The molecule has 1 aliphatic rings. The molecule has 17 heavy (non-hydrogen) atoms. The molecule has 1 atom stereocenters. The molecule has 1 aliphatic heterocycles. The molecule has 4 heteroatoms. The second kappa shape index (κ2) is 5.17. The van der Waals surface area contributed by atoms with Crippen molar-refractivity contribution < 1.29 is 9.84 Å². The van der Waals surface area contributed by atoms with E-state index >= 15 is 0 Å². The molecule has 0 bridgehead atoms. The summed E-state index contributed by atoms with van der Waals surface area (Å²) >= 11 is 0. The van der Waals surface area contributed by atoms with Crippen molar-refractivity contribution in [2.45, 2.75) is 19.1 Å². The normalized spacial score (nSPS) is 20.2. The molecule has 0 spiro atoms. The zero-order valence-corrected chi connectivity index (χ0v) is 9.89. The second-order valence-electron chi connectivity index (χ2n) is 4.32. The van der Waals surface area contributed by atoms with Gasteiger partial charge in [0.2, 0.25) is 0 Å². The van der Waals surface area contributed by atoms with Gasteiger partial charge in [-0.05, 0) is 24.1 Å². The summed E-state index contributed by atoms with van der Waals surface area (Å²) in [5, 5.41) is 18.3. The average molecular weight is 232 g/mol. The molecule has 0 saturated carbocycles. The minimum absolute atomic E-state index is 0.199. The zero-order chi connectivity index (χ0) is 12.3. The van der Waals surface area contributed by atoms with Crippen molar-refractivity contribution in [3.63, 3.8) is 0 Å². The maximum Gasteiger partial charge on any atom is 0.136 e. The fraction of sp³-hybridized carbons (Fsp3) is 0.462. The molecule has 1 aromatic rings. The van der Waals surface area contributed by atoms with Gasteiger partial charge in [0.25, 0.3) is 0 Å². The van der Waals surface area contributed by atoms with Crippen LogP contribution in [0.2, 0.25) is 0 Å². The highest BCUT2D eigenvalue weighted by atomic mass is 16.5. The van der Waals surface area contributed by atoms with Crippen molar-refractivity contribution in [2.75, 3.05) is 20.2 Å². The van der Waals surface area contributed by atoms with Crippen LogP contribution >= 0.6 is 0 Å². The summed E-state index contributed by atoms with van der Waals surface area (Å²) < 4.78 is 5.17. The summed E-state index contributed by atoms with van der Waals surface area (Å²) in [6.45, 7) is 2.44. The van der Waals surface area contributed by atoms with Crippen molar-refractivity contribution in [1.29, 1.82) is 5.26 Å². The number of nitriles is 1. The van der Waals surface area contributed by atoms with E-state index in [0.717, 1.165) is 31.6 Å². The SMILES string of the molecule is COc1cc(CN2CCC(O)C2)ccc1C#N. The second-order valence-corrected chi connectivity index (χ2v) is 4.32. The minimum Gasteiger partial charge on any atom is -0.495 e. The highest BCUT2D eigenvalue weighted by molar-refractivity contribution is 5.45. The number of aliphatic hydroxyl groups is 1.